The highest BCUT2D eigenvalue weighted by atomic mass is 79.9. The third-order valence-corrected chi connectivity index (χ3v) is 4.28. The number of nitrogens with zero attached hydrogens (tertiary/aromatic N) is 2. The van der Waals surface area contributed by atoms with Crippen LogP contribution in [0.2, 0.25) is 5.02 Å². The molecule has 0 saturated carbocycles. The molecule has 108 valence electrons. The summed E-state index contributed by atoms with van der Waals surface area (Å²) in [5.74, 6) is -0.810. The van der Waals surface area contributed by atoms with E-state index in [9.17, 15) is 14.0 Å². The van der Waals surface area contributed by atoms with E-state index in [1.54, 1.807) is 13.1 Å². The van der Waals surface area contributed by atoms with E-state index in [1.807, 2.05) is 0 Å². The van der Waals surface area contributed by atoms with Gasteiger partial charge in [0.1, 0.15) is 17.7 Å². The zero-order valence-corrected chi connectivity index (χ0v) is 13.2. The van der Waals surface area contributed by atoms with E-state index in [2.05, 4.69) is 15.9 Å². The fraction of sp³-hybridized carbons (Fsp3) is 0.143. The first-order valence-electron chi connectivity index (χ1n) is 6.05. The van der Waals surface area contributed by atoms with Crippen LogP contribution in [0, 0.1) is 5.82 Å². The lowest BCUT2D eigenvalue weighted by atomic mass is 10.1. The van der Waals surface area contributed by atoms with Gasteiger partial charge in [-0.15, -0.1) is 0 Å². The molecule has 7 heteroatoms. The molecule has 1 aliphatic heterocycles. The highest BCUT2D eigenvalue weighted by Crippen LogP contribution is 2.34. The van der Waals surface area contributed by atoms with E-state index >= 15 is 0 Å². The van der Waals surface area contributed by atoms with Gasteiger partial charge in [0.05, 0.1) is 9.50 Å². The third kappa shape index (κ3) is 2.10. The first-order valence-corrected chi connectivity index (χ1v) is 7.22. The smallest absolute Gasteiger partial charge is 0.273 e. The molecule has 1 atom stereocenters. The monoisotopic (exact) mass is 370 g/mol. The summed E-state index contributed by atoms with van der Waals surface area (Å²) >= 11 is 9.21. The number of hydrogen-bond acceptors (Lipinski definition) is 2. The predicted octanol–water partition coefficient (Wildman–Crippen LogP) is 3.04. The number of amides is 1. The summed E-state index contributed by atoms with van der Waals surface area (Å²) < 4.78 is 15.0. The van der Waals surface area contributed by atoms with E-state index in [0.717, 1.165) is 0 Å². The zero-order chi connectivity index (χ0) is 15.3. The maximum atomic E-state index is 13.5. The molecular formula is C14H9BrClFN2O2. The second kappa shape index (κ2) is 4.96. The number of carbonyl (C=O) groups is 1. The fourth-order valence-electron chi connectivity index (χ4n) is 2.50. The average molecular weight is 372 g/mol. The number of rotatable bonds is 1. The lowest BCUT2D eigenvalue weighted by molar-refractivity contribution is 0.0781. The Morgan fingerprint density at radius 1 is 1.29 bits per heavy atom. The minimum Gasteiger partial charge on any atom is -0.315 e. The van der Waals surface area contributed by atoms with Crippen molar-refractivity contribution in [3.05, 3.63) is 67.3 Å². The molecule has 1 aliphatic rings. The Labute approximate surface area is 132 Å². The minimum absolute atomic E-state index is 0.113. The van der Waals surface area contributed by atoms with Crippen molar-refractivity contribution in [1.82, 2.24) is 9.47 Å². The summed E-state index contributed by atoms with van der Waals surface area (Å²) in [5, 5.41) is 0.178. The van der Waals surface area contributed by atoms with Gasteiger partial charge in [0.15, 0.2) is 0 Å². The predicted molar refractivity (Wildman–Crippen MR) is 80.0 cm³/mol. The summed E-state index contributed by atoms with van der Waals surface area (Å²) in [5.41, 5.74) is 0.226. The molecule has 1 unspecified atom stereocenters. The molecule has 1 aromatic carbocycles. The Morgan fingerprint density at radius 2 is 2.00 bits per heavy atom. The SMILES string of the molecule is CN1C(=O)c2c(Cl)cc(Br)c(=O)n2C1c1cccc(F)c1. The molecule has 2 aromatic rings. The van der Waals surface area contributed by atoms with Crippen LogP contribution >= 0.6 is 27.5 Å². The summed E-state index contributed by atoms with van der Waals surface area (Å²) in [6.45, 7) is 0. The molecule has 0 aliphatic carbocycles. The Balaban J connectivity index is 2.32. The van der Waals surface area contributed by atoms with Crippen molar-refractivity contribution in [2.45, 2.75) is 6.17 Å². The highest BCUT2D eigenvalue weighted by molar-refractivity contribution is 9.10. The van der Waals surface area contributed by atoms with Crippen LogP contribution in [0.1, 0.15) is 22.2 Å². The molecule has 21 heavy (non-hydrogen) atoms. The Morgan fingerprint density at radius 3 is 2.67 bits per heavy atom. The standard InChI is InChI=1S/C14H9BrClFN2O2/c1-18-12(7-3-2-4-8(17)5-7)19-11(14(18)21)10(16)6-9(15)13(19)20/h2-6,12H,1H3. The van der Waals surface area contributed by atoms with E-state index in [4.69, 9.17) is 11.6 Å². The van der Waals surface area contributed by atoms with Crippen molar-refractivity contribution in [2.24, 2.45) is 0 Å². The number of fused-ring (bicyclic) bond motifs is 1. The minimum atomic E-state index is -0.717. The van der Waals surface area contributed by atoms with Crippen LogP contribution < -0.4 is 5.56 Å². The number of hydrogen-bond donors (Lipinski definition) is 0. The zero-order valence-electron chi connectivity index (χ0n) is 10.8. The van der Waals surface area contributed by atoms with Crippen molar-refractivity contribution in [1.29, 1.82) is 0 Å². The van der Waals surface area contributed by atoms with Crippen molar-refractivity contribution < 1.29 is 9.18 Å². The molecular weight excluding hydrogens is 363 g/mol. The van der Waals surface area contributed by atoms with Crippen LogP contribution in [0.3, 0.4) is 0 Å². The van der Waals surface area contributed by atoms with Crippen LogP contribution in [0.25, 0.3) is 0 Å². The molecule has 1 amide bonds. The van der Waals surface area contributed by atoms with Crippen molar-refractivity contribution in [3.8, 4) is 0 Å². The normalized spacial score (nSPS) is 17.2. The Hall–Kier alpha value is -1.66. The molecule has 3 rings (SSSR count). The van der Waals surface area contributed by atoms with E-state index < -0.39 is 12.0 Å². The van der Waals surface area contributed by atoms with Crippen LogP contribution in [0.4, 0.5) is 4.39 Å². The third-order valence-electron chi connectivity index (χ3n) is 3.42. The maximum absolute atomic E-state index is 13.5. The number of aromatic nitrogens is 1. The number of halogens is 3. The summed E-state index contributed by atoms with van der Waals surface area (Å²) in [7, 11) is 1.55. The largest absolute Gasteiger partial charge is 0.315 e. The molecule has 2 heterocycles. The van der Waals surface area contributed by atoms with Gasteiger partial charge in [0.25, 0.3) is 11.5 Å². The lowest BCUT2D eigenvalue weighted by Gasteiger charge is -2.21. The summed E-state index contributed by atoms with van der Waals surface area (Å²) in [6.07, 6.45) is -0.717. The van der Waals surface area contributed by atoms with Gasteiger partial charge in [-0.05, 0) is 39.7 Å². The van der Waals surface area contributed by atoms with Crippen LogP contribution in [0.15, 0.2) is 39.6 Å². The molecule has 0 radical (unpaired) electrons. The van der Waals surface area contributed by atoms with E-state index in [1.165, 1.54) is 33.7 Å². The van der Waals surface area contributed by atoms with Gasteiger partial charge < -0.3 is 4.90 Å². The molecule has 1 aromatic heterocycles. The Bertz CT molecular complexity index is 821. The van der Waals surface area contributed by atoms with Crippen molar-refractivity contribution in [2.75, 3.05) is 7.05 Å². The molecule has 0 fully saturated rings. The van der Waals surface area contributed by atoms with Crippen molar-refractivity contribution in [3.63, 3.8) is 0 Å². The van der Waals surface area contributed by atoms with E-state index in [-0.39, 0.29) is 26.7 Å². The van der Waals surface area contributed by atoms with Crippen molar-refractivity contribution >= 4 is 33.4 Å². The van der Waals surface area contributed by atoms with Gasteiger partial charge >= 0.3 is 0 Å². The molecule has 0 spiro atoms. The lowest BCUT2D eigenvalue weighted by Crippen LogP contribution is -2.30. The van der Waals surface area contributed by atoms with Crippen LogP contribution in [-0.4, -0.2) is 22.4 Å². The van der Waals surface area contributed by atoms with Gasteiger partial charge in [0.2, 0.25) is 0 Å². The molecule has 0 bridgehead atoms. The second-order valence-electron chi connectivity index (χ2n) is 4.71. The van der Waals surface area contributed by atoms with Gasteiger partial charge in [-0.1, -0.05) is 23.7 Å². The second-order valence-corrected chi connectivity index (χ2v) is 5.97. The van der Waals surface area contributed by atoms with Crippen LogP contribution in [-0.2, 0) is 0 Å². The number of benzene rings is 1. The Kier molecular flexibility index (Phi) is 3.37. The molecule has 0 N–H and O–H groups in total. The topological polar surface area (TPSA) is 42.3 Å². The van der Waals surface area contributed by atoms with Gasteiger partial charge in [-0.2, -0.15) is 0 Å². The van der Waals surface area contributed by atoms with Gasteiger partial charge in [0, 0.05) is 7.05 Å². The van der Waals surface area contributed by atoms with E-state index in [0.29, 0.717) is 5.56 Å². The number of carbonyl (C=O) groups excluding carboxylic acids is 1. The quantitative estimate of drug-likeness (QED) is 0.773. The van der Waals surface area contributed by atoms with Gasteiger partial charge in [-0.3, -0.25) is 14.2 Å². The first kappa shape index (κ1) is 14.3. The molecule has 4 nitrogen and oxygen atoms in total. The average Bonchev–Trinajstić information content (AvgIpc) is 2.69. The highest BCUT2D eigenvalue weighted by Gasteiger charge is 2.38. The van der Waals surface area contributed by atoms with Gasteiger partial charge in [-0.25, -0.2) is 4.39 Å². The van der Waals surface area contributed by atoms with Crippen LogP contribution in [0.5, 0.6) is 0 Å². The first-order chi connectivity index (χ1) is 9.91. The number of pyridine rings is 1. The maximum Gasteiger partial charge on any atom is 0.273 e. The summed E-state index contributed by atoms with van der Waals surface area (Å²) in [6, 6.07) is 7.19. The summed E-state index contributed by atoms with van der Waals surface area (Å²) in [4.78, 5) is 26.0. The fourth-order valence-corrected chi connectivity index (χ4v) is 3.34. The molecule has 0 saturated heterocycles.